The molecule has 0 rings (SSSR count). The number of methoxy groups -OCH3 is 1. The molecule has 8 heteroatoms. The average Bonchev–Trinajstić information content (AvgIpc) is 1.39. The normalized spacial score (nSPS) is 1.62. The van der Waals surface area contributed by atoms with Gasteiger partial charge in [-0.15, -0.1) is 12.3 Å². The first-order valence-electron chi connectivity index (χ1n) is 1.61. The Bertz CT molecular complexity index is 50.1. The molecule has 0 unspecified atom stereocenters. The summed E-state index contributed by atoms with van der Waals surface area (Å²) in [6.45, 7) is 1.65. The number of hydrogen-bond acceptors (Lipinski definition) is 1. The summed E-state index contributed by atoms with van der Waals surface area (Å²) in [5, 5.41) is 0. The van der Waals surface area contributed by atoms with Crippen molar-refractivity contribution in [3.8, 4) is 12.3 Å². The van der Waals surface area contributed by atoms with Gasteiger partial charge >= 0.3 is 0 Å². The van der Waals surface area contributed by atoms with Crippen LogP contribution in [0.15, 0.2) is 0 Å². The minimum Gasteiger partial charge on any atom is -0.388 e. The third-order valence-electron chi connectivity index (χ3n) is 0. The second-order valence-electron chi connectivity index (χ2n) is 0.697. The fraction of sp³-hybridized carbons (Fsp3) is 0.750. The van der Waals surface area contributed by atoms with E-state index in [0.29, 0.717) is 0 Å². The van der Waals surface area contributed by atoms with E-state index < -0.39 is 0 Å². The molecule has 0 atom stereocenters. The van der Waals surface area contributed by atoms with Gasteiger partial charge in [-0.3, -0.25) is 0 Å². The van der Waals surface area contributed by atoms with Crippen LogP contribution in [0.2, 0.25) is 0 Å². The summed E-state index contributed by atoms with van der Waals surface area (Å²) in [5.74, 6) is 2.25. The van der Waals surface area contributed by atoms with Gasteiger partial charge in [-0.05, 0) is 6.92 Å². The molecule has 0 radical (unpaired) electrons. The van der Waals surface area contributed by atoms with E-state index in [-0.39, 0.29) is 170 Å². The van der Waals surface area contributed by atoms with Crippen LogP contribution in [0.25, 0.3) is 0 Å². The summed E-state index contributed by atoms with van der Waals surface area (Å²) < 4.78 is 4.25. The van der Waals surface area contributed by atoms with Crippen molar-refractivity contribution >= 4 is 0 Å². The first-order chi connectivity index (χ1) is 2.83. The number of ether oxygens (including phenoxy) is 1. The number of terminal acetylenes is 1. The van der Waals surface area contributed by atoms with Crippen LogP contribution in [0.3, 0.4) is 0 Å². The fourth-order valence-electron chi connectivity index (χ4n) is 0. The molecule has 0 amide bonds. The van der Waals surface area contributed by atoms with Gasteiger partial charge in [-0.2, -0.15) is 0 Å². The third-order valence-corrected chi connectivity index (χ3v) is 0. The summed E-state index contributed by atoms with van der Waals surface area (Å²) in [6.07, 6.45) is 4.60. The predicted molar refractivity (Wildman–Crippen MR) is 47.6 cm³/mol. The van der Waals surface area contributed by atoms with Gasteiger partial charge < -0.3 is 4.74 Å². The zero-order valence-corrected chi connectivity index (χ0v) is 27.9. The number of rotatable bonds is 0. The van der Waals surface area contributed by atoms with Crippen molar-refractivity contribution in [1.29, 1.82) is 0 Å². The van der Waals surface area contributed by atoms with Gasteiger partial charge in [-0.25, -0.2) is 0 Å². The molecule has 0 N–H and O–H groups in total. The molecule has 0 fully saturated rings. The van der Waals surface area contributed by atoms with Crippen LogP contribution in [-0.2, 0) is 152 Å². The van der Waals surface area contributed by atoms with Crippen molar-refractivity contribution in [3.05, 3.63) is 0 Å². The molecule has 0 aromatic carbocycles. The van der Waals surface area contributed by atoms with Crippen LogP contribution in [0.5, 0.6) is 0 Å². The second kappa shape index (κ2) is 162. The van der Waals surface area contributed by atoms with Crippen molar-refractivity contribution in [2.45, 2.75) is 29.2 Å². The van der Waals surface area contributed by atoms with Crippen molar-refractivity contribution in [3.63, 3.8) is 0 Å². The fourth-order valence-corrected chi connectivity index (χ4v) is 0. The topological polar surface area (TPSA) is 9.23 Å². The Morgan fingerprint density at radius 2 is 0.688 bits per heavy atom. The molecule has 0 aliphatic rings. The molecule has 0 spiro atoms. The Labute approximate surface area is 204 Å². The van der Waals surface area contributed by atoms with Gasteiger partial charge in [0.15, 0.2) is 0 Å². The molecule has 0 heterocycles. The molecule has 102 valence electrons. The number of hydrogen-bond donors (Lipinski definition) is 0. The van der Waals surface area contributed by atoms with E-state index in [1.165, 1.54) is 0 Å². The quantitative estimate of drug-likeness (QED) is 0.340. The van der Waals surface area contributed by atoms with Crippen molar-refractivity contribution < 1.29 is 152 Å². The molecule has 0 saturated carbocycles. The van der Waals surface area contributed by atoms with E-state index in [1.54, 1.807) is 21.1 Å². The zero-order valence-electron chi connectivity index (χ0n) is 7.34. The minimum absolute atomic E-state index is 0. The molecular formula is C8H22OW7. The van der Waals surface area contributed by atoms with E-state index in [4.69, 9.17) is 0 Å². The molecule has 0 aliphatic heterocycles. The van der Waals surface area contributed by atoms with Crippen LogP contribution in [0, 0.1) is 12.3 Å². The summed E-state index contributed by atoms with van der Waals surface area (Å²) in [6, 6.07) is 0. The van der Waals surface area contributed by atoms with Crippen LogP contribution >= 0.6 is 0 Å². The van der Waals surface area contributed by atoms with Crippen LogP contribution in [0.1, 0.15) is 29.2 Å². The van der Waals surface area contributed by atoms with Crippen LogP contribution < -0.4 is 0 Å². The third kappa shape index (κ3) is 293. The summed E-state index contributed by atoms with van der Waals surface area (Å²) >= 11 is 0. The average molecular weight is 1420 g/mol. The van der Waals surface area contributed by atoms with Crippen LogP contribution in [-0.4, -0.2) is 14.2 Å². The van der Waals surface area contributed by atoms with E-state index in [1.807, 2.05) is 0 Å². The molecule has 0 bridgehead atoms. The predicted octanol–water partition coefficient (Wildman–Crippen LogP) is 2.79. The summed E-state index contributed by atoms with van der Waals surface area (Å²) in [5.41, 5.74) is 0. The van der Waals surface area contributed by atoms with Gasteiger partial charge in [0.2, 0.25) is 0 Å². The molecular weight excluding hydrogens is 1400 g/mol. The van der Waals surface area contributed by atoms with Gasteiger partial charge in [0, 0.05) is 162 Å². The maximum absolute atomic E-state index is 4.60. The molecule has 0 aliphatic carbocycles. The second-order valence-corrected chi connectivity index (χ2v) is 0.697. The smallest absolute Gasteiger partial charge is 0.0351 e. The molecule has 0 aromatic rings. The Hall–Kier alpha value is 4.34. The monoisotopic (exact) mass is 1420 g/mol. The molecule has 0 aromatic heterocycles. The van der Waals surface area contributed by atoms with Gasteiger partial charge in [0.1, 0.15) is 0 Å². The van der Waals surface area contributed by atoms with Gasteiger partial charge in [0.25, 0.3) is 0 Å². The van der Waals surface area contributed by atoms with Gasteiger partial charge in [0.05, 0.1) is 0 Å². The van der Waals surface area contributed by atoms with Crippen molar-refractivity contribution in [1.82, 2.24) is 0 Å². The summed E-state index contributed by atoms with van der Waals surface area (Å²) in [7, 11) is 3.25. The van der Waals surface area contributed by atoms with Gasteiger partial charge in [-0.1, -0.05) is 22.3 Å². The van der Waals surface area contributed by atoms with E-state index >= 15 is 0 Å². The van der Waals surface area contributed by atoms with E-state index in [2.05, 4.69) is 17.1 Å². The summed E-state index contributed by atoms with van der Waals surface area (Å²) in [4.78, 5) is 0. The first-order valence-corrected chi connectivity index (χ1v) is 1.61. The molecule has 1 nitrogen and oxygen atoms in total. The van der Waals surface area contributed by atoms with E-state index in [0.717, 1.165) is 0 Å². The Morgan fingerprint density at radius 3 is 0.688 bits per heavy atom. The zero-order chi connectivity index (χ0) is 5.41. The Kier molecular flexibility index (Phi) is 1110. The largest absolute Gasteiger partial charge is 0.388 e. The molecule has 0 saturated heterocycles. The maximum Gasteiger partial charge on any atom is 0.0351 e. The van der Waals surface area contributed by atoms with E-state index in [9.17, 15) is 0 Å². The van der Waals surface area contributed by atoms with Crippen LogP contribution in [0.4, 0.5) is 0 Å². The first kappa shape index (κ1) is 109. The van der Waals surface area contributed by atoms with Crippen molar-refractivity contribution in [2.75, 3.05) is 14.2 Å². The SMILES string of the molecule is C.C.C.C#CC.COC.[W].[W].[W].[W].[W].[W].[W]. The van der Waals surface area contributed by atoms with Crippen molar-refractivity contribution in [2.24, 2.45) is 0 Å². The standard InChI is InChI=1S/C3H4.C2H6O.3CH4.7W/c2*1-3-2;;;;;;;;;;/h1H,2H3;1-2H3;3*1H4;;;;;;;. The minimum atomic E-state index is 0. The molecule has 16 heavy (non-hydrogen) atoms. The maximum atomic E-state index is 4.60. The Morgan fingerprint density at radius 1 is 0.688 bits per heavy atom. The Balaban J connectivity index is -0.00000000123.